The normalized spacial score (nSPS) is 14.9. The summed E-state index contributed by atoms with van der Waals surface area (Å²) in [6, 6.07) is 2.15. The van der Waals surface area contributed by atoms with Gasteiger partial charge in [0, 0.05) is 24.0 Å². The lowest BCUT2D eigenvalue weighted by molar-refractivity contribution is 0.275. The third-order valence-corrected chi connectivity index (χ3v) is 3.45. The van der Waals surface area contributed by atoms with Crippen molar-refractivity contribution in [3.63, 3.8) is 0 Å². The summed E-state index contributed by atoms with van der Waals surface area (Å²) in [5, 5.41) is 12.7. The van der Waals surface area contributed by atoms with Gasteiger partial charge in [-0.1, -0.05) is 0 Å². The third-order valence-electron chi connectivity index (χ3n) is 2.29. The van der Waals surface area contributed by atoms with E-state index in [4.69, 9.17) is 5.11 Å². The lowest BCUT2D eigenvalue weighted by Crippen LogP contribution is -2.37. The summed E-state index contributed by atoms with van der Waals surface area (Å²) in [5.74, 6) is 0. The van der Waals surface area contributed by atoms with E-state index in [1.165, 1.54) is 0 Å². The first-order valence-electron chi connectivity index (χ1n) is 4.90. The van der Waals surface area contributed by atoms with Crippen LogP contribution in [0, 0.1) is 0 Å². The quantitative estimate of drug-likeness (QED) is 0.748. The highest BCUT2D eigenvalue weighted by Crippen LogP contribution is 2.10. The Morgan fingerprint density at radius 1 is 1.60 bits per heavy atom. The zero-order valence-corrected chi connectivity index (χ0v) is 9.87. The molecule has 15 heavy (non-hydrogen) atoms. The van der Waals surface area contributed by atoms with Crippen LogP contribution in [0.15, 0.2) is 18.6 Å². The van der Waals surface area contributed by atoms with Crippen molar-refractivity contribution >= 4 is 11.8 Å². The van der Waals surface area contributed by atoms with Crippen molar-refractivity contribution in [2.45, 2.75) is 24.8 Å². The number of thioether (sulfide) groups is 1. The second-order valence-corrected chi connectivity index (χ2v) is 4.40. The topological polar surface area (TPSA) is 58.0 Å². The van der Waals surface area contributed by atoms with E-state index in [0.29, 0.717) is 6.54 Å². The number of rotatable bonds is 6. The fourth-order valence-corrected chi connectivity index (χ4v) is 1.91. The van der Waals surface area contributed by atoms with E-state index < -0.39 is 0 Å². The molecule has 0 amide bonds. The maximum absolute atomic E-state index is 9.11. The van der Waals surface area contributed by atoms with Crippen LogP contribution in [-0.4, -0.2) is 39.2 Å². The number of aromatic nitrogens is 2. The van der Waals surface area contributed by atoms with E-state index in [0.717, 1.165) is 5.69 Å². The van der Waals surface area contributed by atoms with Crippen LogP contribution in [0.3, 0.4) is 0 Å². The molecule has 0 bridgehead atoms. The van der Waals surface area contributed by atoms with Gasteiger partial charge in [0.25, 0.3) is 0 Å². The average Bonchev–Trinajstić information content (AvgIpc) is 2.29. The molecule has 2 atom stereocenters. The molecule has 5 heteroatoms. The van der Waals surface area contributed by atoms with Crippen LogP contribution in [0.4, 0.5) is 0 Å². The molecule has 1 rings (SSSR count). The van der Waals surface area contributed by atoms with Crippen molar-refractivity contribution in [2.75, 3.05) is 12.9 Å². The molecular weight excluding hydrogens is 210 g/mol. The summed E-state index contributed by atoms with van der Waals surface area (Å²) in [7, 11) is 0. The third kappa shape index (κ3) is 4.15. The smallest absolute Gasteiger partial charge is 0.115 e. The Balaban J connectivity index is 2.36. The first-order valence-corrected chi connectivity index (χ1v) is 6.18. The molecule has 0 aliphatic rings. The van der Waals surface area contributed by atoms with Gasteiger partial charge in [0.2, 0.25) is 0 Å². The maximum atomic E-state index is 9.11. The van der Waals surface area contributed by atoms with E-state index in [1.807, 2.05) is 12.3 Å². The maximum Gasteiger partial charge on any atom is 0.115 e. The number of aliphatic hydroxyl groups excluding tert-OH is 1. The minimum absolute atomic E-state index is 0.194. The van der Waals surface area contributed by atoms with E-state index in [1.54, 1.807) is 24.3 Å². The van der Waals surface area contributed by atoms with Crippen molar-refractivity contribution in [2.24, 2.45) is 0 Å². The average molecular weight is 227 g/mol. The highest BCUT2D eigenvalue weighted by atomic mass is 32.2. The van der Waals surface area contributed by atoms with Crippen LogP contribution >= 0.6 is 11.8 Å². The highest BCUT2D eigenvalue weighted by molar-refractivity contribution is 7.99. The highest BCUT2D eigenvalue weighted by Gasteiger charge is 2.14. The zero-order chi connectivity index (χ0) is 11.1. The van der Waals surface area contributed by atoms with E-state index in [-0.39, 0.29) is 17.9 Å². The first kappa shape index (κ1) is 12.4. The molecule has 0 spiro atoms. The van der Waals surface area contributed by atoms with Gasteiger partial charge in [0.05, 0.1) is 12.3 Å². The number of hydrogen-bond acceptors (Lipinski definition) is 5. The summed E-state index contributed by atoms with van der Waals surface area (Å²) in [6.07, 6.45) is 5.27. The molecule has 1 heterocycles. The minimum Gasteiger partial charge on any atom is -0.395 e. The van der Waals surface area contributed by atoms with Crippen molar-refractivity contribution in [1.82, 2.24) is 15.3 Å². The molecule has 0 aliphatic carbocycles. The second kappa shape index (κ2) is 6.76. The molecule has 0 aliphatic heterocycles. The Hall–Kier alpha value is -0.650. The van der Waals surface area contributed by atoms with Gasteiger partial charge >= 0.3 is 0 Å². The van der Waals surface area contributed by atoms with Crippen LogP contribution in [0.25, 0.3) is 0 Å². The largest absolute Gasteiger partial charge is 0.395 e. The summed E-state index contributed by atoms with van der Waals surface area (Å²) in [4.78, 5) is 7.98. The van der Waals surface area contributed by atoms with Gasteiger partial charge in [-0.05, 0) is 19.2 Å². The molecule has 1 aromatic rings. The van der Waals surface area contributed by atoms with Gasteiger partial charge in [-0.2, -0.15) is 11.8 Å². The molecule has 2 unspecified atom stereocenters. The summed E-state index contributed by atoms with van der Waals surface area (Å²) >= 11 is 1.67. The minimum atomic E-state index is 0.194. The van der Waals surface area contributed by atoms with Gasteiger partial charge in [-0.25, -0.2) is 9.97 Å². The molecule has 4 nitrogen and oxygen atoms in total. The van der Waals surface area contributed by atoms with Gasteiger partial charge in [-0.3, -0.25) is 0 Å². The van der Waals surface area contributed by atoms with E-state index in [2.05, 4.69) is 22.2 Å². The predicted octanol–water partition coefficient (Wildman–Crippen LogP) is 0.679. The van der Waals surface area contributed by atoms with Crippen molar-refractivity contribution < 1.29 is 5.11 Å². The Morgan fingerprint density at radius 3 is 2.93 bits per heavy atom. The van der Waals surface area contributed by atoms with Crippen LogP contribution in [0.2, 0.25) is 0 Å². The fraction of sp³-hybridized carbons (Fsp3) is 0.600. The molecule has 0 aromatic carbocycles. The van der Waals surface area contributed by atoms with Crippen LogP contribution < -0.4 is 5.32 Å². The van der Waals surface area contributed by atoms with E-state index in [9.17, 15) is 0 Å². The molecule has 84 valence electrons. The second-order valence-electron chi connectivity index (χ2n) is 3.33. The fourth-order valence-electron chi connectivity index (χ4n) is 1.26. The predicted molar refractivity (Wildman–Crippen MR) is 62.7 cm³/mol. The first-order chi connectivity index (χ1) is 7.27. The van der Waals surface area contributed by atoms with Gasteiger partial charge in [-0.15, -0.1) is 0 Å². The number of nitrogens with zero attached hydrogens (tertiary/aromatic N) is 2. The van der Waals surface area contributed by atoms with Gasteiger partial charge < -0.3 is 10.4 Å². The van der Waals surface area contributed by atoms with Crippen LogP contribution in [0.1, 0.15) is 12.6 Å². The van der Waals surface area contributed by atoms with Crippen molar-refractivity contribution in [1.29, 1.82) is 0 Å². The molecule has 0 radical (unpaired) electrons. The van der Waals surface area contributed by atoms with Crippen LogP contribution in [-0.2, 0) is 6.54 Å². The summed E-state index contributed by atoms with van der Waals surface area (Å²) in [5.41, 5.74) is 0.967. The number of nitrogens with one attached hydrogen (secondary N) is 1. The summed E-state index contributed by atoms with van der Waals surface area (Å²) in [6.45, 7) is 2.97. The zero-order valence-electron chi connectivity index (χ0n) is 9.05. The lowest BCUT2D eigenvalue weighted by atomic mass is 10.2. The Kier molecular flexibility index (Phi) is 5.60. The number of hydrogen-bond donors (Lipinski definition) is 2. The van der Waals surface area contributed by atoms with Crippen molar-refractivity contribution in [3.8, 4) is 0 Å². The SMILES string of the molecule is CSC(CO)C(C)NCc1ccncn1. The molecule has 0 saturated heterocycles. The standard InChI is InChI=1S/C10H17N3OS/c1-8(10(6-14)15-2)12-5-9-3-4-11-7-13-9/h3-4,7-8,10,12,14H,5-6H2,1-2H3. The Labute approximate surface area is 94.5 Å². The van der Waals surface area contributed by atoms with Crippen LogP contribution in [0.5, 0.6) is 0 Å². The molecule has 0 fully saturated rings. The molecule has 0 saturated carbocycles. The van der Waals surface area contributed by atoms with E-state index >= 15 is 0 Å². The monoisotopic (exact) mass is 227 g/mol. The number of aliphatic hydroxyl groups is 1. The summed E-state index contributed by atoms with van der Waals surface area (Å²) < 4.78 is 0. The van der Waals surface area contributed by atoms with Gasteiger partial charge in [0.1, 0.15) is 6.33 Å². The van der Waals surface area contributed by atoms with Gasteiger partial charge in [0.15, 0.2) is 0 Å². The molecular formula is C10H17N3OS. The Bertz CT molecular complexity index is 267. The molecule has 1 aromatic heterocycles. The molecule has 2 N–H and O–H groups in total. The van der Waals surface area contributed by atoms with Crippen molar-refractivity contribution in [3.05, 3.63) is 24.3 Å². The Morgan fingerprint density at radius 2 is 2.40 bits per heavy atom. The lowest BCUT2D eigenvalue weighted by Gasteiger charge is -2.20.